The molecule has 1 aliphatic carbocycles. The van der Waals surface area contributed by atoms with E-state index in [9.17, 15) is 0 Å². The van der Waals surface area contributed by atoms with Crippen LogP contribution in [0.5, 0.6) is 5.75 Å². The van der Waals surface area contributed by atoms with Crippen LogP contribution in [0, 0.1) is 11.8 Å². The van der Waals surface area contributed by atoms with Gasteiger partial charge in [0.15, 0.2) is 0 Å². The second kappa shape index (κ2) is 5.24. The lowest BCUT2D eigenvalue weighted by atomic mass is 9.78. The van der Waals surface area contributed by atoms with Gasteiger partial charge in [-0.3, -0.25) is 4.90 Å². The molecule has 1 aromatic carbocycles. The van der Waals surface area contributed by atoms with Crippen molar-refractivity contribution >= 4 is 0 Å². The Kier molecular flexibility index (Phi) is 3.46. The number of nitrogens with zero attached hydrogens (tertiary/aromatic N) is 1. The van der Waals surface area contributed by atoms with Gasteiger partial charge < -0.3 is 10.5 Å². The van der Waals surface area contributed by atoms with Crippen LogP contribution in [0.2, 0.25) is 0 Å². The van der Waals surface area contributed by atoms with Crippen molar-refractivity contribution < 1.29 is 4.74 Å². The lowest BCUT2D eigenvalue weighted by molar-refractivity contribution is 0.135. The Hall–Kier alpha value is -1.06. The van der Waals surface area contributed by atoms with E-state index in [1.807, 2.05) is 0 Å². The average Bonchev–Trinajstić information content (AvgIpc) is 2.99. The van der Waals surface area contributed by atoms with Gasteiger partial charge in [-0.15, -0.1) is 0 Å². The normalized spacial score (nSPS) is 33.3. The zero-order valence-electron chi connectivity index (χ0n) is 13.8. The van der Waals surface area contributed by atoms with Gasteiger partial charge in [-0.2, -0.15) is 0 Å². The van der Waals surface area contributed by atoms with Crippen molar-refractivity contribution in [2.45, 2.75) is 57.7 Å². The highest BCUT2D eigenvalue weighted by Gasteiger charge is 2.39. The van der Waals surface area contributed by atoms with Gasteiger partial charge in [0.05, 0.1) is 0 Å². The number of hydrogen-bond donors (Lipinski definition) is 1. The molecule has 2 heterocycles. The predicted molar refractivity (Wildman–Crippen MR) is 88.9 cm³/mol. The van der Waals surface area contributed by atoms with Gasteiger partial charge in [0, 0.05) is 37.7 Å². The molecule has 4 rings (SSSR count). The Morgan fingerprint density at radius 3 is 2.95 bits per heavy atom. The smallest absolute Gasteiger partial charge is 0.127 e. The molecule has 0 amide bonds. The van der Waals surface area contributed by atoms with E-state index in [-0.39, 0.29) is 5.60 Å². The number of nitrogens with two attached hydrogens (primary N) is 1. The van der Waals surface area contributed by atoms with Crippen molar-refractivity contribution in [3.8, 4) is 5.75 Å². The molecule has 3 heteroatoms. The quantitative estimate of drug-likeness (QED) is 0.912. The number of para-hydroxylation sites is 1. The summed E-state index contributed by atoms with van der Waals surface area (Å²) in [6.45, 7) is 7.75. The fraction of sp³-hybridized carbons (Fsp3) is 0.684. The number of rotatable bonds is 2. The number of fused-ring (bicyclic) bond motifs is 2. The molecule has 1 saturated carbocycles. The lowest BCUT2D eigenvalue weighted by Gasteiger charge is -2.29. The molecular formula is C19H28N2O. The van der Waals surface area contributed by atoms with E-state index in [0.29, 0.717) is 12.0 Å². The summed E-state index contributed by atoms with van der Waals surface area (Å²) in [6.07, 6.45) is 4.92. The maximum absolute atomic E-state index is 6.35. The second-order valence-electron chi connectivity index (χ2n) is 8.16. The number of benzene rings is 1. The van der Waals surface area contributed by atoms with Crippen molar-refractivity contribution in [1.82, 2.24) is 4.90 Å². The van der Waals surface area contributed by atoms with E-state index < -0.39 is 0 Å². The minimum atomic E-state index is -0.0558. The summed E-state index contributed by atoms with van der Waals surface area (Å²) in [7, 11) is 0. The van der Waals surface area contributed by atoms with E-state index in [1.165, 1.54) is 43.5 Å². The Balaban J connectivity index is 1.51. The van der Waals surface area contributed by atoms with E-state index in [0.717, 1.165) is 24.6 Å². The molecule has 22 heavy (non-hydrogen) atoms. The van der Waals surface area contributed by atoms with Crippen LogP contribution in [0.15, 0.2) is 18.2 Å². The Bertz CT molecular complexity index is 569. The fourth-order valence-electron chi connectivity index (χ4n) is 4.78. The van der Waals surface area contributed by atoms with Gasteiger partial charge in [0.1, 0.15) is 11.4 Å². The van der Waals surface area contributed by atoms with Gasteiger partial charge in [-0.1, -0.05) is 24.6 Å². The summed E-state index contributed by atoms with van der Waals surface area (Å²) in [5.41, 5.74) is 9.02. The third kappa shape index (κ3) is 2.55. The van der Waals surface area contributed by atoms with Crippen molar-refractivity contribution in [3.63, 3.8) is 0 Å². The Morgan fingerprint density at radius 2 is 2.14 bits per heavy atom. The van der Waals surface area contributed by atoms with Gasteiger partial charge in [-0.05, 0) is 44.1 Å². The minimum absolute atomic E-state index is 0.0558. The molecule has 0 radical (unpaired) electrons. The maximum Gasteiger partial charge on any atom is 0.127 e. The largest absolute Gasteiger partial charge is 0.487 e. The van der Waals surface area contributed by atoms with Gasteiger partial charge in [0.2, 0.25) is 0 Å². The molecule has 3 nitrogen and oxygen atoms in total. The number of hydrogen-bond acceptors (Lipinski definition) is 3. The summed E-state index contributed by atoms with van der Waals surface area (Å²) in [6, 6.07) is 7.06. The first-order chi connectivity index (χ1) is 10.5. The summed E-state index contributed by atoms with van der Waals surface area (Å²) in [5.74, 6) is 2.67. The second-order valence-corrected chi connectivity index (χ2v) is 8.16. The van der Waals surface area contributed by atoms with Crippen LogP contribution in [0.3, 0.4) is 0 Å². The topological polar surface area (TPSA) is 38.5 Å². The Labute approximate surface area is 133 Å². The molecule has 3 atom stereocenters. The molecule has 3 unspecified atom stereocenters. The highest BCUT2D eigenvalue weighted by Crippen LogP contribution is 2.40. The third-order valence-corrected chi connectivity index (χ3v) is 5.80. The Morgan fingerprint density at radius 1 is 1.27 bits per heavy atom. The van der Waals surface area contributed by atoms with Crippen molar-refractivity contribution in [2.75, 3.05) is 13.1 Å². The van der Waals surface area contributed by atoms with Gasteiger partial charge >= 0.3 is 0 Å². The van der Waals surface area contributed by atoms with E-state index >= 15 is 0 Å². The molecular weight excluding hydrogens is 272 g/mol. The first-order valence-corrected chi connectivity index (χ1v) is 8.79. The monoisotopic (exact) mass is 300 g/mol. The fourth-order valence-corrected chi connectivity index (χ4v) is 4.78. The zero-order valence-corrected chi connectivity index (χ0v) is 13.8. The van der Waals surface area contributed by atoms with Crippen LogP contribution < -0.4 is 10.5 Å². The van der Waals surface area contributed by atoms with Crippen molar-refractivity contribution in [1.29, 1.82) is 0 Å². The molecule has 120 valence electrons. The molecule has 2 fully saturated rings. The van der Waals surface area contributed by atoms with Crippen LogP contribution in [-0.4, -0.2) is 29.6 Å². The van der Waals surface area contributed by atoms with Crippen LogP contribution in [0.25, 0.3) is 0 Å². The highest BCUT2D eigenvalue weighted by molar-refractivity contribution is 5.45. The van der Waals surface area contributed by atoms with Gasteiger partial charge in [-0.25, -0.2) is 0 Å². The van der Waals surface area contributed by atoms with Gasteiger partial charge in [0.25, 0.3) is 0 Å². The molecule has 3 aliphatic rings. The minimum Gasteiger partial charge on any atom is -0.487 e. The predicted octanol–water partition coefficient (Wildman–Crippen LogP) is 2.96. The SMILES string of the molecule is CC1(C)Cc2cccc(CN3CC4CCCC(N)C4C3)c2O1. The average molecular weight is 300 g/mol. The summed E-state index contributed by atoms with van der Waals surface area (Å²) >= 11 is 0. The maximum atomic E-state index is 6.35. The van der Waals surface area contributed by atoms with Crippen LogP contribution in [0.1, 0.15) is 44.2 Å². The highest BCUT2D eigenvalue weighted by atomic mass is 16.5. The van der Waals surface area contributed by atoms with Crippen LogP contribution in [-0.2, 0) is 13.0 Å². The van der Waals surface area contributed by atoms with E-state index in [4.69, 9.17) is 10.5 Å². The third-order valence-electron chi connectivity index (χ3n) is 5.80. The molecule has 0 bridgehead atoms. The van der Waals surface area contributed by atoms with E-state index in [1.54, 1.807) is 0 Å². The summed E-state index contributed by atoms with van der Waals surface area (Å²) in [4.78, 5) is 2.60. The molecule has 1 aromatic rings. The lowest BCUT2D eigenvalue weighted by Crippen LogP contribution is -2.38. The summed E-state index contributed by atoms with van der Waals surface area (Å²) in [5, 5.41) is 0. The molecule has 2 N–H and O–H groups in total. The first kappa shape index (κ1) is 14.5. The van der Waals surface area contributed by atoms with Crippen LogP contribution >= 0.6 is 0 Å². The standard InChI is InChI=1S/C19H28N2O/c1-19(2)9-13-5-3-7-15(18(13)22-19)11-21-10-14-6-4-8-17(20)16(14)12-21/h3,5,7,14,16-17H,4,6,8-12,20H2,1-2H3. The number of ether oxygens (including phenoxy) is 1. The van der Waals surface area contributed by atoms with Crippen LogP contribution in [0.4, 0.5) is 0 Å². The zero-order chi connectivity index (χ0) is 15.3. The van der Waals surface area contributed by atoms with E-state index in [2.05, 4.69) is 36.9 Å². The molecule has 0 aromatic heterocycles. The molecule has 0 spiro atoms. The molecule has 1 saturated heterocycles. The molecule has 2 aliphatic heterocycles. The van der Waals surface area contributed by atoms with Crippen molar-refractivity contribution in [3.05, 3.63) is 29.3 Å². The summed E-state index contributed by atoms with van der Waals surface area (Å²) < 4.78 is 6.22. The van der Waals surface area contributed by atoms with Crippen molar-refractivity contribution in [2.24, 2.45) is 17.6 Å². The first-order valence-electron chi connectivity index (χ1n) is 8.79. The number of likely N-dealkylation sites (tertiary alicyclic amines) is 1.